The minimum Gasteiger partial charge on any atom is -0.352 e. The predicted molar refractivity (Wildman–Crippen MR) is 115 cm³/mol. The van der Waals surface area contributed by atoms with Gasteiger partial charge < -0.3 is 9.88 Å². The molecule has 4 rings (SSSR count). The monoisotopic (exact) mass is 433 g/mol. The molecule has 0 saturated heterocycles. The second kappa shape index (κ2) is 8.40. The molecule has 0 aliphatic heterocycles. The van der Waals surface area contributed by atoms with Crippen molar-refractivity contribution in [1.29, 1.82) is 0 Å². The standard InChI is InChI=1S/C23H20BrN3O/c24-19-10-6-9-18(15-19)23(28)25-14-13-22-26-20-11-4-5-12-21(20)27(22)16-17-7-2-1-3-8-17/h1-12,15H,13-14,16H2,(H,25,28). The second-order valence-electron chi connectivity index (χ2n) is 6.60. The van der Waals surface area contributed by atoms with E-state index in [4.69, 9.17) is 4.98 Å². The van der Waals surface area contributed by atoms with E-state index in [1.807, 2.05) is 60.7 Å². The molecular formula is C23H20BrN3O. The number of para-hydroxylation sites is 2. The van der Waals surface area contributed by atoms with Crippen molar-refractivity contribution in [1.82, 2.24) is 14.9 Å². The highest BCUT2D eigenvalue weighted by Gasteiger charge is 2.12. The lowest BCUT2D eigenvalue weighted by Crippen LogP contribution is -2.26. The number of nitrogens with one attached hydrogen (secondary N) is 1. The third-order valence-electron chi connectivity index (χ3n) is 4.64. The summed E-state index contributed by atoms with van der Waals surface area (Å²) >= 11 is 3.40. The van der Waals surface area contributed by atoms with E-state index in [0.29, 0.717) is 18.5 Å². The summed E-state index contributed by atoms with van der Waals surface area (Å²) in [4.78, 5) is 17.2. The summed E-state index contributed by atoms with van der Waals surface area (Å²) in [5.74, 6) is 0.895. The molecule has 3 aromatic carbocycles. The molecule has 0 fully saturated rings. The summed E-state index contributed by atoms with van der Waals surface area (Å²) in [6.45, 7) is 1.29. The summed E-state index contributed by atoms with van der Waals surface area (Å²) in [5.41, 5.74) is 3.96. The van der Waals surface area contributed by atoms with Crippen LogP contribution in [0.15, 0.2) is 83.3 Å². The van der Waals surface area contributed by atoms with Crippen LogP contribution in [0.25, 0.3) is 11.0 Å². The lowest BCUT2D eigenvalue weighted by atomic mass is 10.2. The van der Waals surface area contributed by atoms with Gasteiger partial charge in [0.1, 0.15) is 5.82 Å². The molecule has 140 valence electrons. The van der Waals surface area contributed by atoms with E-state index in [1.165, 1.54) is 5.56 Å². The Balaban J connectivity index is 1.51. The zero-order chi connectivity index (χ0) is 19.3. The van der Waals surface area contributed by atoms with Crippen molar-refractivity contribution in [2.45, 2.75) is 13.0 Å². The van der Waals surface area contributed by atoms with Gasteiger partial charge in [-0.2, -0.15) is 0 Å². The van der Waals surface area contributed by atoms with Crippen molar-refractivity contribution in [3.05, 3.63) is 100 Å². The Hall–Kier alpha value is -2.92. The van der Waals surface area contributed by atoms with E-state index >= 15 is 0 Å². The molecule has 1 aromatic heterocycles. The maximum atomic E-state index is 12.4. The van der Waals surface area contributed by atoms with Crippen LogP contribution in [-0.2, 0) is 13.0 Å². The van der Waals surface area contributed by atoms with Crippen LogP contribution in [0.1, 0.15) is 21.7 Å². The number of nitrogens with zero attached hydrogens (tertiary/aromatic N) is 2. The van der Waals surface area contributed by atoms with Gasteiger partial charge >= 0.3 is 0 Å². The van der Waals surface area contributed by atoms with E-state index in [2.05, 4.69) is 44.0 Å². The Morgan fingerprint density at radius 3 is 2.57 bits per heavy atom. The van der Waals surface area contributed by atoms with E-state index in [-0.39, 0.29) is 5.91 Å². The van der Waals surface area contributed by atoms with Gasteiger partial charge in [0.15, 0.2) is 0 Å². The van der Waals surface area contributed by atoms with Gasteiger partial charge in [-0.25, -0.2) is 4.98 Å². The molecule has 0 spiro atoms. The minimum atomic E-state index is -0.0768. The van der Waals surface area contributed by atoms with Crippen molar-refractivity contribution in [3.8, 4) is 0 Å². The zero-order valence-electron chi connectivity index (χ0n) is 15.3. The second-order valence-corrected chi connectivity index (χ2v) is 7.52. The third kappa shape index (κ3) is 4.15. The Morgan fingerprint density at radius 2 is 1.75 bits per heavy atom. The lowest BCUT2D eigenvalue weighted by Gasteiger charge is -2.10. The van der Waals surface area contributed by atoms with Crippen LogP contribution in [0.5, 0.6) is 0 Å². The third-order valence-corrected chi connectivity index (χ3v) is 5.13. The van der Waals surface area contributed by atoms with Crippen LogP contribution in [-0.4, -0.2) is 22.0 Å². The number of benzene rings is 3. The van der Waals surface area contributed by atoms with Crippen LogP contribution >= 0.6 is 15.9 Å². The summed E-state index contributed by atoms with van der Waals surface area (Å²) in [5, 5.41) is 3.00. The first-order chi connectivity index (χ1) is 13.7. The van der Waals surface area contributed by atoms with Crippen LogP contribution in [0.3, 0.4) is 0 Å². The Morgan fingerprint density at radius 1 is 0.964 bits per heavy atom. The van der Waals surface area contributed by atoms with Gasteiger partial charge in [0.25, 0.3) is 5.91 Å². The summed E-state index contributed by atoms with van der Waals surface area (Å²) in [7, 11) is 0. The van der Waals surface area contributed by atoms with Crippen LogP contribution in [0.2, 0.25) is 0 Å². The number of aromatic nitrogens is 2. The van der Waals surface area contributed by atoms with Gasteiger partial charge in [-0.3, -0.25) is 4.79 Å². The van der Waals surface area contributed by atoms with Gasteiger partial charge in [0, 0.05) is 29.5 Å². The van der Waals surface area contributed by atoms with Gasteiger partial charge in [-0.15, -0.1) is 0 Å². The quantitative estimate of drug-likeness (QED) is 0.473. The molecule has 0 saturated carbocycles. The zero-order valence-corrected chi connectivity index (χ0v) is 16.9. The molecule has 0 aliphatic rings. The summed E-state index contributed by atoms with van der Waals surface area (Å²) < 4.78 is 3.13. The van der Waals surface area contributed by atoms with Crippen molar-refractivity contribution < 1.29 is 4.79 Å². The van der Waals surface area contributed by atoms with Gasteiger partial charge in [-0.05, 0) is 35.9 Å². The summed E-state index contributed by atoms with van der Waals surface area (Å²) in [6, 6.07) is 25.9. The number of carbonyl (C=O) groups is 1. The number of amides is 1. The first-order valence-corrected chi connectivity index (χ1v) is 10.0. The van der Waals surface area contributed by atoms with Crippen molar-refractivity contribution >= 4 is 32.9 Å². The number of hydrogen-bond acceptors (Lipinski definition) is 2. The highest BCUT2D eigenvalue weighted by molar-refractivity contribution is 9.10. The number of fused-ring (bicyclic) bond motifs is 1. The minimum absolute atomic E-state index is 0.0768. The largest absolute Gasteiger partial charge is 0.352 e. The lowest BCUT2D eigenvalue weighted by molar-refractivity contribution is 0.0954. The van der Waals surface area contributed by atoms with E-state index in [1.54, 1.807) is 0 Å². The van der Waals surface area contributed by atoms with E-state index < -0.39 is 0 Å². The number of rotatable bonds is 6. The SMILES string of the molecule is O=C(NCCc1nc2ccccc2n1Cc1ccccc1)c1cccc(Br)c1. The van der Waals surface area contributed by atoms with Gasteiger partial charge in [0.2, 0.25) is 0 Å². The smallest absolute Gasteiger partial charge is 0.251 e. The molecule has 0 unspecified atom stereocenters. The Labute approximate surface area is 172 Å². The Kier molecular flexibility index (Phi) is 5.53. The molecule has 5 heteroatoms. The molecule has 4 nitrogen and oxygen atoms in total. The highest BCUT2D eigenvalue weighted by atomic mass is 79.9. The normalized spacial score (nSPS) is 10.9. The van der Waals surface area contributed by atoms with Gasteiger partial charge in [-0.1, -0.05) is 64.5 Å². The van der Waals surface area contributed by atoms with Crippen LogP contribution in [0.4, 0.5) is 0 Å². The summed E-state index contributed by atoms with van der Waals surface area (Å²) in [6.07, 6.45) is 0.668. The van der Waals surface area contributed by atoms with E-state index in [0.717, 1.165) is 27.9 Å². The number of hydrogen-bond donors (Lipinski definition) is 1. The number of carbonyl (C=O) groups excluding carboxylic acids is 1. The molecule has 0 atom stereocenters. The van der Waals surface area contributed by atoms with Crippen molar-refractivity contribution in [2.75, 3.05) is 6.54 Å². The molecule has 0 bridgehead atoms. The molecule has 0 aliphatic carbocycles. The highest BCUT2D eigenvalue weighted by Crippen LogP contribution is 2.18. The molecule has 4 aromatic rings. The van der Waals surface area contributed by atoms with E-state index in [9.17, 15) is 4.79 Å². The fraction of sp³-hybridized carbons (Fsp3) is 0.130. The first kappa shape index (κ1) is 18.4. The average molecular weight is 434 g/mol. The van der Waals surface area contributed by atoms with Crippen molar-refractivity contribution in [3.63, 3.8) is 0 Å². The van der Waals surface area contributed by atoms with Gasteiger partial charge in [0.05, 0.1) is 11.0 Å². The molecule has 1 heterocycles. The molecule has 28 heavy (non-hydrogen) atoms. The molecule has 1 amide bonds. The maximum absolute atomic E-state index is 12.4. The molecule has 1 N–H and O–H groups in total. The molecule has 0 radical (unpaired) electrons. The van der Waals surface area contributed by atoms with Crippen molar-refractivity contribution in [2.24, 2.45) is 0 Å². The van der Waals surface area contributed by atoms with Crippen LogP contribution < -0.4 is 5.32 Å². The van der Waals surface area contributed by atoms with Crippen LogP contribution in [0, 0.1) is 0 Å². The molecular weight excluding hydrogens is 414 g/mol. The fourth-order valence-corrected chi connectivity index (χ4v) is 3.68. The first-order valence-electron chi connectivity index (χ1n) is 9.22. The Bertz CT molecular complexity index is 1110. The average Bonchev–Trinajstić information content (AvgIpc) is 3.06. The maximum Gasteiger partial charge on any atom is 0.251 e. The fourth-order valence-electron chi connectivity index (χ4n) is 3.28. The number of imidazole rings is 1. The topological polar surface area (TPSA) is 46.9 Å². The number of halogens is 1. The predicted octanol–water partition coefficient (Wildman–Crippen LogP) is 4.82.